The first kappa shape index (κ1) is 13.4. The van der Waals surface area contributed by atoms with E-state index < -0.39 is 0 Å². The molecule has 0 radical (unpaired) electrons. The maximum absolute atomic E-state index is 5.30. The van der Waals surface area contributed by atoms with Crippen molar-refractivity contribution in [2.24, 2.45) is 11.3 Å². The van der Waals surface area contributed by atoms with Crippen molar-refractivity contribution in [3.8, 4) is 5.75 Å². The Hall–Kier alpha value is -0.0200. The molecule has 1 aromatic rings. The Morgan fingerprint density at radius 1 is 1.41 bits per heavy atom. The minimum absolute atomic E-state index is 0.370. The molecular formula is C14H18Br2O. The average molecular weight is 362 g/mol. The molecule has 1 nitrogen and oxygen atoms in total. The molecule has 0 amide bonds. The first-order valence-corrected chi connectivity index (χ1v) is 7.89. The molecule has 1 aromatic carbocycles. The molecule has 1 fully saturated rings. The molecule has 0 saturated heterocycles. The summed E-state index contributed by atoms with van der Waals surface area (Å²) in [7, 11) is 1.72. The second kappa shape index (κ2) is 5.31. The van der Waals surface area contributed by atoms with Crippen LogP contribution in [0.3, 0.4) is 0 Å². The summed E-state index contributed by atoms with van der Waals surface area (Å²) >= 11 is 7.32. The fraction of sp³-hybridized carbons (Fsp3) is 0.571. The fourth-order valence-electron chi connectivity index (χ4n) is 2.33. The Balaban J connectivity index is 2.21. The highest BCUT2D eigenvalue weighted by Crippen LogP contribution is 2.49. The Morgan fingerprint density at radius 3 is 2.65 bits per heavy atom. The van der Waals surface area contributed by atoms with E-state index in [9.17, 15) is 0 Å². The van der Waals surface area contributed by atoms with Gasteiger partial charge in [0.25, 0.3) is 0 Å². The van der Waals surface area contributed by atoms with Crippen LogP contribution in [0.15, 0.2) is 22.7 Å². The Labute approximate surface area is 120 Å². The molecule has 0 bridgehead atoms. The number of benzene rings is 1. The third-order valence-electron chi connectivity index (χ3n) is 3.72. The summed E-state index contributed by atoms with van der Waals surface area (Å²) in [6, 6.07) is 6.22. The Bertz CT molecular complexity index is 401. The summed E-state index contributed by atoms with van der Waals surface area (Å²) < 4.78 is 6.49. The molecule has 0 N–H and O–H groups in total. The number of halogens is 2. The van der Waals surface area contributed by atoms with Gasteiger partial charge in [0.1, 0.15) is 5.75 Å². The van der Waals surface area contributed by atoms with E-state index in [1.165, 1.54) is 22.9 Å². The zero-order valence-electron chi connectivity index (χ0n) is 10.3. The molecule has 0 spiro atoms. The van der Waals surface area contributed by atoms with Crippen LogP contribution < -0.4 is 4.74 Å². The number of alkyl halides is 1. The van der Waals surface area contributed by atoms with Crippen LogP contribution in [0, 0.1) is 11.3 Å². The zero-order chi connectivity index (χ0) is 12.5. The lowest BCUT2D eigenvalue weighted by Crippen LogP contribution is -2.24. The zero-order valence-corrected chi connectivity index (χ0v) is 13.5. The number of hydrogen-bond acceptors (Lipinski definition) is 1. The number of rotatable bonds is 5. The lowest BCUT2D eigenvalue weighted by atomic mass is 9.81. The minimum Gasteiger partial charge on any atom is -0.497 e. The van der Waals surface area contributed by atoms with E-state index in [1.807, 2.05) is 6.07 Å². The molecule has 2 rings (SSSR count). The molecule has 0 heterocycles. The molecule has 1 aliphatic carbocycles. The van der Waals surface area contributed by atoms with E-state index in [0.717, 1.165) is 23.4 Å². The van der Waals surface area contributed by atoms with Crippen LogP contribution in [0.25, 0.3) is 0 Å². The molecule has 17 heavy (non-hydrogen) atoms. The van der Waals surface area contributed by atoms with Crippen molar-refractivity contribution >= 4 is 31.9 Å². The van der Waals surface area contributed by atoms with Crippen molar-refractivity contribution in [2.45, 2.75) is 26.2 Å². The Morgan fingerprint density at radius 2 is 2.12 bits per heavy atom. The first-order chi connectivity index (χ1) is 8.09. The van der Waals surface area contributed by atoms with Crippen LogP contribution in [-0.2, 0) is 6.42 Å². The van der Waals surface area contributed by atoms with Crippen molar-refractivity contribution in [1.29, 1.82) is 0 Å². The molecule has 1 aliphatic rings. The smallest absolute Gasteiger partial charge is 0.119 e. The predicted octanol–water partition coefficient (Wildman–Crippen LogP) is 4.81. The van der Waals surface area contributed by atoms with Gasteiger partial charge in [-0.05, 0) is 54.4 Å². The van der Waals surface area contributed by atoms with Crippen molar-refractivity contribution in [2.75, 3.05) is 12.4 Å². The van der Waals surface area contributed by atoms with Gasteiger partial charge in [0.2, 0.25) is 0 Å². The molecule has 0 aromatic heterocycles. The second-order valence-electron chi connectivity index (χ2n) is 5.20. The summed E-state index contributed by atoms with van der Waals surface area (Å²) in [5.41, 5.74) is 1.72. The van der Waals surface area contributed by atoms with Gasteiger partial charge in [0.05, 0.1) is 7.11 Å². The number of hydrogen-bond donors (Lipinski definition) is 0. The minimum atomic E-state index is 0.370. The van der Waals surface area contributed by atoms with Gasteiger partial charge < -0.3 is 4.74 Å². The molecule has 3 heteroatoms. The average Bonchev–Trinajstić information content (AvgIpc) is 3.16. The normalized spacial score (nSPS) is 18.8. The highest BCUT2D eigenvalue weighted by molar-refractivity contribution is 9.10. The maximum atomic E-state index is 5.30. The molecule has 94 valence electrons. The summed E-state index contributed by atoms with van der Waals surface area (Å²) in [5.74, 6) is 1.82. The Kier molecular flexibility index (Phi) is 4.19. The van der Waals surface area contributed by atoms with Gasteiger partial charge in [-0.2, -0.15) is 0 Å². The summed E-state index contributed by atoms with van der Waals surface area (Å²) in [5, 5.41) is 1.06. The summed E-state index contributed by atoms with van der Waals surface area (Å²) in [6.07, 6.45) is 3.86. The van der Waals surface area contributed by atoms with Crippen molar-refractivity contribution in [1.82, 2.24) is 0 Å². The van der Waals surface area contributed by atoms with E-state index in [0.29, 0.717) is 5.41 Å². The van der Waals surface area contributed by atoms with E-state index in [-0.39, 0.29) is 0 Å². The van der Waals surface area contributed by atoms with E-state index in [2.05, 4.69) is 50.9 Å². The number of methoxy groups -OCH3 is 1. The van der Waals surface area contributed by atoms with Gasteiger partial charge in [-0.15, -0.1) is 0 Å². The van der Waals surface area contributed by atoms with Gasteiger partial charge in [-0.1, -0.05) is 38.8 Å². The van der Waals surface area contributed by atoms with Crippen LogP contribution in [-0.4, -0.2) is 12.4 Å². The fourth-order valence-corrected chi connectivity index (χ4v) is 3.37. The van der Waals surface area contributed by atoms with Crippen molar-refractivity contribution < 1.29 is 4.74 Å². The monoisotopic (exact) mass is 360 g/mol. The largest absolute Gasteiger partial charge is 0.497 e. The topological polar surface area (TPSA) is 9.23 Å². The van der Waals surface area contributed by atoms with E-state index >= 15 is 0 Å². The molecular weight excluding hydrogens is 344 g/mol. The lowest BCUT2D eigenvalue weighted by molar-refractivity contribution is 0.317. The third kappa shape index (κ3) is 3.05. The molecule has 0 aliphatic heterocycles. The van der Waals surface area contributed by atoms with Crippen molar-refractivity contribution in [3.63, 3.8) is 0 Å². The van der Waals surface area contributed by atoms with Crippen LogP contribution in [0.5, 0.6) is 5.75 Å². The third-order valence-corrected chi connectivity index (χ3v) is 5.77. The van der Waals surface area contributed by atoms with Crippen LogP contribution in [0.1, 0.15) is 25.3 Å². The van der Waals surface area contributed by atoms with E-state index in [1.54, 1.807) is 7.11 Å². The second-order valence-corrected chi connectivity index (χ2v) is 6.61. The van der Waals surface area contributed by atoms with Gasteiger partial charge in [0.15, 0.2) is 0 Å². The quantitative estimate of drug-likeness (QED) is 0.683. The lowest BCUT2D eigenvalue weighted by Gasteiger charge is -2.28. The van der Waals surface area contributed by atoms with Gasteiger partial charge >= 0.3 is 0 Å². The predicted molar refractivity (Wildman–Crippen MR) is 79.0 cm³/mol. The van der Waals surface area contributed by atoms with E-state index in [4.69, 9.17) is 4.74 Å². The summed E-state index contributed by atoms with van der Waals surface area (Å²) in [4.78, 5) is 0. The standard InChI is InChI=1S/C14H18Br2O/c1-14(9-15,11-3-4-11)8-10-7-12(17-2)5-6-13(10)16/h5-7,11H,3-4,8-9H2,1-2H3. The van der Waals surface area contributed by atoms with Crippen LogP contribution in [0.4, 0.5) is 0 Å². The molecule has 1 saturated carbocycles. The number of ether oxygens (including phenoxy) is 1. The highest BCUT2D eigenvalue weighted by Gasteiger charge is 2.40. The maximum Gasteiger partial charge on any atom is 0.119 e. The highest BCUT2D eigenvalue weighted by atomic mass is 79.9. The first-order valence-electron chi connectivity index (χ1n) is 5.97. The van der Waals surface area contributed by atoms with Gasteiger partial charge in [0, 0.05) is 9.80 Å². The summed E-state index contributed by atoms with van der Waals surface area (Å²) in [6.45, 7) is 2.38. The molecule has 1 atom stereocenters. The van der Waals surface area contributed by atoms with Crippen molar-refractivity contribution in [3.05, 3.63) is 28.2 Å². The van der Waals surface area contributed by atoms with Gasteiger partial charge in [-0.3, -0.25) is 0 Å². The molecule has 1 unspecified atom stereocenters. The van der Waals surface area contributed by atoms with Crippen LogP contribution in [0.2, 0.25) is 0 Å². The van der Waals surface area contributed by atoms with Gasteiger partial charge in [-0.25, -0.2) is 0 Å². The van der Waals surface area contributed by atoms with Crippen LogP contribution >= 0.6 is 31.9 Å². The SMILES string of the molecule is COc1ccc(Br)c(CC(C)(CBr)C2CC2)c1.